The molecule has 0 bridgehead atoms. The summed E-state index contributed by atoms with van der Waals surface area (Å²) < 4.78 is 7.65. The summed E-state index contributed by atoms with van der Waals surface area (Å²) in [5.41, 5.74) is 1.82. The van der Waals surface area contributed by atoms with E-state index in [2.05, 4.69) is 22.1 Å². The first-order valence-corrected chi connectivity index (χ1v) is 10.9. The number of anilines is 2. The molecule has 0 unspecified atom stereocenters. The molecule has 3 rings (SSSR count). The van der Waals surface area contributed by atoms with E-state index in [1.807, 2.05) is 47.8 Å². The summed E-state index contributed by atoms with van der Waals surface area (Å²) in [7, 11) is 3.94. The molecule has 0 spiro atoms. The third kappa shape index (κ3) is 6.50. The van der Waals surface area contributed by atoms with Gasteiger partial charge >= 0.3 is 0 Å². The van der Waals surface area contributed by atoms with Crippen molar-refractivity contribution >= 4 is 40.6 Å². The number of nitrogens with one attached hydrogen (secondary N) is 1. The normalized spacial score (nSPS) is 10.5. The lowest BCUT2D eigenvalue weighted by Gasteiger charge is -2.13. The fourth-order valence-corrected chi connectivity index (χ4v) is 3.59. The lowest BCUT2D eigenvalue weighted by atomic mass is 10.2. The molecular weight excluding hydrogens is 434 g/mol. The molecule has 1 heterocycles. The van der Waals surface area contributed by atoms with Gasteiger partial charge in [0.25, 0.3) is 0 Å². The summed E-state index contributed by atoms with van der Waals surface area (Å²) in [6, 6.07) is 14.8. The van der Waals surface area contributed by atoms with Crippen molar-refractivity contribution in [3.8, 4) is 5.75 Å². The first-order chi connectivity index (χ1) is 15.0. The standard InChI is InChI=1S/C22H24ClN5O2S/c1-4-13-28-20(14-30-19-11-5-16(23)6-12-19)25-26-22(28)31-15-21(29)24-17-7-9-18(10-8-17)27(2)3/h4-12H,1,13-15H2,2-3H3,(H,24,29). The van der Waals surface area contributed by atoms with Gasteiger partial charge in [0.05, 0.1) is 5.75 Å². The van der Waals surface area contributed by atoms with Crippen LogP contribution in [-0.4, -0.2) is 40.5 Å². The van der Waals surface area contributed by atoms with Gasteiger partial charge in [0.2, 0.25) is 5.91 Å². The summed E-state index contributed by atoms with van der Waals surface area (Å²) >= 11 is 7.21. The fraction of sp³-hybridized carbons (Fsp3) is 0.227. The van der Waals surface area contributed by atoms with Crippen LogP contribution in [0.4, 0.5) is 11.4 Å². The van der Waals surface area contributed by atoms with Crippen molar-refractivity contribution in [3.05, 3.63) is 72.0 Å². The number of hydrogen-bond donors (Lipinski definition) is 1. The van der Waals surface area contributed by atoms with Crippen LogP contribution in [0.5, 0.6) is 5.75 Å². The third-order valence-electron chi connectivity index (χ3n) is 4.29. The minimum absolute atomic E-state index is 0.116. The average Bonchev–Trinajstić information content (AvgIpc) is 3.14. The number of hydrogen-bond acceptors (Lipinski definition) is 6. The Labute approximate surface area is 191 Å². The van der Waals surface area contributed by atoms with Crippen molar-refractivity contribution in [3.63, 3.8) is 0 Å². The number of allylic oxidation sites excluding steroid dienone is 1. The van der Waals surface area contributed by atoms with Crippen molar-refractivity contribution in [2.75, 3.05) is 30.1 Å². The Bertz CT molecular complexity index is 1020. The minimum Gasteiger partial charge on any atom is -0.486 e. The molecule has 0 aliphatic heterocycles. The Hall–Kier alpha value is -2.97. The van der Waals surface area contributed by atoms with E-state index in [0.29, 0.717) is 28.3 Å². The first-order valence-electron chi connectivity index (χ1n) is 9.57. The van der Waals surface area contributed by atoms with E-state index < -0.39 is 0 Å². The highest BCUT2D eigenvalue weighted by molar-refractivity contribution is 7.99. The maximum absolute atomic E-state index is 12.4. The van der Waals surface area contributed by atoms with E-state index >= 15 is 0 Å². The first kappa shape index (κ1) is 22.7. The molecule has 1 aromatic heterocycles. The monoisotopic (exact) mass is 457 g/mol. The number of nitrogens with zero attached hydrogens (tertiary/aromatic N) is 4. The highest BCUT2D eigenvalue weighted by Gasteiger charge is 2.14. The molecule has 0 saturated carbocycles. The van der Waals surface area contributed by atoms with E-state index in [-0.39, 0.29) is 18.3 Å². The van der Waals surface area contributed by atoms with E-state index in [0.717, 1.165) is 11.4 Å². The number of amides is 1. The molecule has 0 saturated heterocycles. The van der Waals surface area contributed by atoms with Crippen molar-refractivity contribution in [1.29, 1.82) is 0 Å². The zero-order valence-electron chi connectivity index (χ0n) is 17.4. The molecule has 0 atom stereocenters. The molecule has 0 radical (unpaired) electrons. The van der Waals surface area contributed by atoms with Gasteiger partial charge in [-0.15, -0.1) is 16.8 Å². The Kier molecular flexibility index (Phi) is 7.97. The van der Waals surface area contributed by atoms with Gasteiger partial charge in [0.15, 0.2) is 11.0 Å². The minimum atomic E-state index is -0.116. The predicted molar refractivity (Wildman–Crippen MR) is 126 cm³/mol. The van der Waals surface area contributed by atoms with Crippen LogP contribution in [-0.2, 0) is 17.9 Å². The van der Waals surface area contributed by atoms with Crippen LogP contribution in [0, 0.1) is 0 Å². The van der Waals surface area contributed by atoms with Gasteiger partial charge < -0.3 is 15.0 Å². The maximum Gasteiger partial charge on any atom is 0.234 e. The van der Waals surface area contributed by atoms with Gasteiger partial charge in [0.1, 0.15) is 12.4 Å². The van der Waals surface area contributed by atoms with Crippen molar-refractivity contribution in [2.24, 2.45) is 0 Å². The number of rotatable bonds is 10. The Balaban J connectivity index is 1.58. The van der Waals surface area contributed by atoms with Gasteiger partial charge in [-0.25, -0.2) is 0 Å². The van der Waals surface area contributed by atoms with E-state index in [4.69, 9.17) is 16.3 Å². The second-order valence-electron chi connectivity index (χ2n) is 6.82. The van der Waals surface area contributed by atoms with Crippen LogP contribution in [0.2, 0.25) is 5.02 Å². The number of carbonyl (C=O) groups is 1. The highest BCUT2D eigenvalue weighted by atomic mass is 35.5. The molecule has 0 aliphatic rings. The molecule has 9 heteroatoms. The topological polar surface area (TPSA) is 72.3 Å². The van der Waals surface area contributed by atoms with Crippen molar-refractivity contribution < 1.29 is 9.53 Å². The van der Waals surface area contributed by atoms with Crippen LogP contribution < -0.4 is 15.0 Å². The number of ether oxygens (including phenoxy) is 1. The molecule has 0 aliphatic carbocycles. The summed E-state index contributed by atoms with van der Waals surface area (Å²) in [5, 5.41) is 12.6. The Morgan fingerprint density at radius 2 is 1.90 bits per heavy atom. The summed E-state index contributed by atoms with van der Waals surface area (Å²) in [5.74, 6) is 1.43. The van der Waals surface area contributed by atoms with Crippen LogP contribution in [0.3, 0.4) is 0 Å². The molecule has 162 valence electrons. The van der Waals surface area contributed by atoms with E-state index in [1.165, 1.54) is 11.8 Å². The zero-order valence-corrected chi connectivity index (χ0v) is 19.0. The van der Waals surface area contributed by atoms with Crippen LogP contribution in [0.25, 0.3) is 0 Å². The molecule has 1 N–H and O–H groups in total. The molecule has 2 aromatic carbocycles. The van der Waals surface area contributed by atoms with Crippen molar-refractivity contribution in [2.45, 2.75) is 18.3 Å². The second-order valence-corrected chi connectivity index (χ2v) is 8.20. The molecular formula is C22H24ClN5O2S. The quantitative estimate of drug-likeness (QED) is 0.357. The summed E-state index contributed by atoms with van der Waals surface area (Å²) in [6.07, 6.45) is 1.76. The van der Waals surface area contributed by atoms with E-state index in [1.54, 1.807) is 30.3 Å². The van der Waals surface area contributed by atoms with Gasteiger partial charge in [0, 0.05) is 37.0 Å². The summed E-state index contributed by atoms with van der Waals surface area (Å²) in [6.45, 7) is 4.55. The smallest absolute Gasteiger partial charge is 0.234 e. The van der Waals surface area contributed by atoms with Gasteiger partial charge in [-0.2, -0.15) is 0 Å². The second kappa shape index (κ2) is 10.9. The lowest BCUT2D eigenvalue weighted by Crippen LogP contribution is -2.15. The number of benzene rings is 2. The molecule has 1 amide bonds. The third-order valence-corrected chi connectivity index (χ3v) is 5.51. The highest BCUT2D eigenvalue weighted by Crippen LogP contribution is 2.21. The van der Waals surface area contributed by atoms with Crippen LogP contribution in [0.15, 0.2) is 66.3 Å². The Morgan fingerprint density at radius 1 is 1.19 bits per heavy atom. The lowest BCUT2D eigenvalue weighted by molar-refractivity contribution is -0.113. The van der Waals surface area contributed by atoms with Gasteiger partial charge in [-0.1, -0.05) is 29.4 Å². The molecule has 3 aromatic rings. The maximum atomic E-state index is 12.4. The molecule has 0 fully saturated rings. The average molecular weight is 458 g/mol. The zero-order chi connectivity index (χ0) is 22.2. The Morgan fingerprint density at radius 3 is 2.55 bits per heavy atom. The van der Waals surface area contributed by atoms with E-state index in [9.17, 15) is 4.79 Å². The molecule has 31 heavy (non-hydrogen) atoms. The van der Waals surface area contributed by atoms with Crippen LogP contribution >= 0.6 is 23.4 Å². The predicted octanol–water partition coefficient (Wildman–Crippen LogP) is 4.49. The van der Waals surface area contributed by atoms with Gasteiger partial charge in [-0.05, 0) is 48.5 Å². The van der Waals surface area contributed by atoms with Gasteiger partial charge in [-0.3, -0.25) is 9.36 Å². The number of carbonyl (C=O) groups excluding carboxylic acids is 1. The number of thioether (sulfide) groups is 1. The van der Waals surface area contributed by atoms with Crippen LogP contribution in [0.1, 0.15) is 5.82 Å². The fourth-order valence-electron chi connectivity index (χ4n) is 2.69. The van der Waals surface area contributed by atoms with Crippen molar-refractivity contribution in [1.82, 2.24) is 14.8 Å². The SMILES string of the molecule is C=CCn1c(COc2ccc(Cl)cc2)nnc1SCC(=O)Nc1ccc(N(C)C)cc1. The molecule has 7 nitrogen and oxygen atoms in total. The summed E-state index contributed by atoms with van der Waals surface area (Å²) in [4.78, 5) is 14.4. The number of halogens is 1. The largest absolute Gasteiger partial charge is 0.486 e. The number of aromatic nitrogens is 3.